The first-order valence-electron chi connectivity index (χ1n) is 5.61. The van der Waals surface area contributed by atoms with Gasteiger partial charge in [-0.3, -0.25) is 4.79 Å². The van der Waals surface area contributed by atoms with Crippen molar-refractivity contribution in [2.75, 3.05) is 31.1 Å². The highest BCUT2D eigenvalue weighted by Crippen LogP contribution is 2.11. The van der Waals surface area contributed by atoms with Crippen LogP contribution in [0.15, 0.2) is 18.3 Å². The van der Waals surface area contributed by atoms with Crippen molar-refractivity contribution in [1.29, 1.82) is 0 Å². The predicted octanol–water partition coefficient (Wildman–Crippen LogP) is 0.535. The molecule has 0 aliphatic carbocycles. The van der Waals surface area contributed by atoms with E-state index in [2.05, 4.69) is 15.1 Å². The lowest BCUT2D eigenvalue weighted by atomic mass is 10.3. The van der Waals surface area contributed by atoms with Crippen LogP contribution in [0.3, 0.4) is 0 Å². The van der Waals surface area contributed by atoms with E-state index in [4.69, 9.17) is 0 Å². The van der Waals surface area contributed by atoms with Crippen molar-refractivity contribution in [2.24, 2.45) is 0 Å². The van der Waals surface area contributed by atoms with Crippen LogP contribution in [0.5, 0.6) is 0 Å². The van der Waals surface area contributed by atoms with Crippen LogP contribution < -0.4 is 4.90 Å². The fourth-order valence-corrected chi connectivity index (χ4v) is 1.87. The summed E-state index contributed by atoms with van der Waals surface area (Å²) in [5, 5.41) is 7.92. The molecular formula is C11H16N4O. The summed E-state index contributed by atoms with van der Waals surface area (Å²) in [5.74, 6) is 1.13. The van der Waals surface area contributed by atoms with Crippen LogP contribution in [0.2, 0.25) is 0 Å². The Kier molecular flexibility index (Phi) is 3.34. The number of hydrogen-bond acceptors (Lipinski definition) is 4. The summed E-state index contributed by atoms with van der Waals surface area (Å²) < 4.78 is 0. The molecule has 0 unspecified atom stereocenters. The first-order valence-corrected chi connectivity index (χ1v) is 5.61. The standard InChI is InChI=1S/C11H16N4O/c1-2-11(16)15-8-6-14(7-9-15)10-4-3-5-12-13-10/h3-5H,2,6-9H2,1H3. The summed E-state index contributed by atoms with van der Waals surface area (Å²) in [5.41, 5.74) is 0. The van der Waals surface area contributed by atoms with Crippen molar-refractivity contribution in [3.8, 4) is 0 Å². The van der Waals surface area contributed by atoms with E-state index >= 15 is 0 Å². The van der Waals surface area contributed by atoms with E-state index in [1.54, 1.807) is 6.20 Å². The molecule has 5 nitrogen and oxygen atoms in total. The van der Waals surface area contributed by atoms with Crippen molar-refractivity contribution < 1.29 is 4.79 Å². The first kappa shape index (κ1) is 10.9. The summed E-state index contributed by atoms with van der Waals surface area (Å²) >= 11 is 0. The topological polar surface area (TPSA) is 49.3 Å². The number of carbonyl (C=O) groups excluding carboxylic acids is 1. The Balaban J connectivity index is 1.93. The normalized spacial score (nSPS) is 16.3. The van der Waals surface area contributed by atoms with Crippen LogP contribution >= 0.6 is 0 Å². The van der Waals surface area contributed by atoms with E-state index in [0.29, 0.717) is 6.42 Å². The molecule has 0 bridgehead atoms. The van der Waals surface area contributed by atoms with Gasteiger partial charge in [-0.05, 0) is 12.1 Å². The number of piperazine rings is 1. The third-order valence-electron chi connectivity index (χ3n) is 2.82. The Bertz CT molecular complexity index is 346. The number of hydrogen-bond donors (Lipinski definition) is 0. The van der Waals surface area contributed by atoms with E-state index in [0.717, 1.165) is 32.0 Å². The zero-order valence-corrected chi connectivity index (χ0v) is 9.46. The summed E-state index contributed by atoms with van der Waals surface area (Å²) in [6.07, 6.45) is 2.26. The number of nitrogens with zero attached hydrogens (tertiary/aromatic N) is 4. The van der Waals surface area contributed by atoms with E-state index in [-0.39, 0.29) is 5.91 Å². The van der Waals surface area contributed by atoms with Crippen LogP contribution in [-0.4, -0.2) is 47.2 Å². The molecule has 0 radical (unpaired) electrons. The van der Waals surface area contributed by atoms with Crippen LogP contribution in [0, 0.1) is 0 Å². The van der Waals surface area contributed by atoms with Gasteiger partial charge in [0, 0.05) is 38.8 Å². The quantitative estimate of drug-likeness (QED) is 0.729. The molecule has 0 atom stereocenters. The molecule has 1 fully saturated rings. The van der Waals surface area contributed by atoms with Gasteiger partial charge in [0.2, 0.25) is 5.91 Å². The van der Waals surface area contributed by atoms with E-state index in [9.17, 15) is 4.79 Å². The van der Waals surface area contributed by atoms with E-state index in [1.807, 2.05) is 24.0 Å². The second-order valence-electron chi connectivity index (χ2n) is 3.80. The maximum absolute atomic E-state index is 11.5. The minimum Gasteiger partial charge on any atom is -0.352 e. The van der Waals surface area contributed by atoms with Gasteiger partial charge >= 0.3 is 0 Å². The predicted molar refractivity (Wildman–Crippen MR) is 61.1 cm³/mol. The zero-order chi connectivity index (χ0) is 11.4. The third-order valence-corrected chi connectivity index (χ3v) is 2.82. The second-order valence-corrected chi connectivity index (χ2v) is 3.80. The van der Waals surface area contributed by atoms with Gasteiger partial charge in [0.15, 0.2) is 5.82 Å². The summed E-state index contributed by atoms with van der Waals surface area (Å²) in [6.45, 7) is 5.14. The molecule has 86 valence electrons. The molecule has 0 N–H and O–H groups in total. The molecule has 0 spiro atoms. The highest BCUT2D eigenvalue weighted by molar-refractivity contribution is 5.76. The number of rotatable bonds is 2. The summed E-state index contributed by atoms with van der Waals surface area (Å²) in [4.78, 5) is 15.6. The molecule has 1 amide bonds. The number of carbonyl (C=O) groups is 1. The van der Waals surface area contributed by atoms with Gasteiger partial charge in [-0.1, -0.05) is 6.92 Å². The summed E-state index contributed by atoms with van der Waals surface area (Å²) in [6, 6.07) is 3.83. The fourth-order valence-electron chi connectivity index (χ4n) is 1.87. The van der Waals surface area contributed by atoms with Crippen LogP contribution in [0.1, 0.15) is 13.3 Å². The largest absolute Gasteiger partial charge is 0.352 e. The molecule has 1 saturated heterocycles. The minimum absolute atomic E-state index is 0.235. The molecule has 0 aromatic carbocycles. The molecule has 1 aliphatic heterocycles. The number of anilines is 1. The van der Waals surface area contributed by atoms with Gasteiger partial charge < -0.3 is 9.80 Å². The molecule has 1 aliphatic rings. The van der Waals surface area contributed by atoms with Crippen molar-refractivity contribution in [1.82, 2.24) is 15.1 Å². The lowest BCUT2D eigenvalue weighted by Gasteiger charge is -2.35. The second kappa shape index (κ2) is 4.92. The van der Waals surface area contributed by atoms with Gasteiger partial charge in [0.25, 0.3) is 0 Å². The molecule has 1 aromatic heterocycles. The Morgan fingerprint density at radius 1 is 1.38 bits per heavy atom. The molecule has 2 heterocycles. The highest BCUT2D eigenvalue weighted by atomic mass is 16.2. The molecule has 5 heteroatoms. The van der Waals surface area contributed by atoms with Crippen molar-refractivity contribution in [3.63, 3.8) is 0 Å². The Morgan fingerprint density at radius 3 is 2.69 bits per heavy atom. The summed E-state index contributed by atoms with van der Waals surface area (Å²) in [7, 11) is 0. The van der Waals surface area contributed by atoms with E-state index < -0.39 is 0 Å². The van der Waals surface area contributed by atoms with Crippen LogP contribution in [0.4, 0.5) is 5.82 Å². The highest BCUT2D eigenvalue weighted by Gasteiger charge is 2.20. The average Bonchev–Trinajstić information content (AvgIpc) is 2.39. The number of amides is 1. The molecule has 0 saturated carbocycles. The molecule has 2 rings (SSSR count). The van der Waals surface area contributed by atoms with Crippen molar-refractivity contribution in [2.45, 2.75) is 13.3 Å². The molecule has 1 aromatic rings. The average molecular weight is 220 g/mol. The number of aromatic nitrogens is 2. The van der Waals surface area contributed by atoms with E-state index in [1.165, 1.54) is 0 Å². The van der Waals surface area contributed by atoms with Crippen molar-refractivity contribution in [3.05, 3.63) is 18.3 Å². The maximum atomic E-state index is 11.5. The fraction of sp³-hybridized carbons (Fsp3) is 0.545. The van der Waals surface area contributed by atoms with Crippen molar-refractivity contribution >= 4 is 11.7 Å². The van der Waals surface area contributed by atoms with Gasteiger partial charge in [-0.2, -0.15) is 5.10 Å². The first-order chi connectivity index (χ1) is 7.81. The Labute approximate surface area is 95.1 Å². The van der Waals surface area contributed by atoms with Crippen LogP contribution in [-0.2, 0) is 4.79 Å². The third kappa shape index (κ3) is 2.29. The lowest BCUT2D eigenvalue weighted by Crippen LogP contribution is -2.48. The lowest BCUT2D eigenvalue weighted by molar-refractivity contribution is -0.131. The monoisotopic (exact) mass is 220 g/mol. The Morgan fingerprint density at radius 2 is 2.12 bits per heavy atom. The smallest absolute Gasteiger partial charge is 0.222 e. The SMILES string of the molecule is CCC(=O)N1CCN(c2cccnn2)CC1. The van der Waals surface area contributed by atoms with Gasteiger partial charge in [-0.15, -0.1) is 5.10 Å². The zero-order valence-electron chi connectivity index (χ0n) is 9.46. The van der Waals surface area contributed by atoms with Crippen LogP contribution in [0.25, 0.3) is 0 Å². The minimum atomic E-state index is 0.235. The van der Waals surface area contributed by atoms with Gasteiger partial charge in [0.1, 0.15) is 0 Å². The Hall–Kier alpha value is -1.65. The molecular weight excluding hydrogens is 204 g/mol. The molecule has 16 heavy (non-hydrogen) atoms. The van der Waals surface area contributed by atoms with Gasteiger partial charge in [-0.25, -0.2) is 0 Å². The van der Waals surface area contributed by atoms with Gasteiger partial charge in [0.05, 0.1) is 0 Å². The maximum Gasteiger partial charge on any atom is 0.222 e.